The van der Waals surface area contributed by atoms with Crippen molar-refractivity contribution >= 4 is 11.9 Å². The maximum absolute atomic E-state index is 12.1. The molecule has 6 heteroatoms. The molecule has 0 bridgehead atoms. The molecule has 0 spiro atoms. The van der Waals surface area contributed by atoms with Gasteiger partial charge in [0.15, 0.2) is 12.2 Å². The maximum Gasteiger partial charge on any atom is 0.338 e. The van der Waals surface area contributed by atoms with Crippen LogP contribution >= 0.6 is 0 Å². The van der Waals surface area contributed by atoms with Gasteiger partial charge in [0.2, 0.25) is 0 Å². The largest absolute Gasteiger partial charge is 0.460 e. The standard InChI is InChI=1S/C20H34O6/c1-20(2,3)13-9-11-15(12-10-13)26-19(24)17(22)16(21)18(23)25-14-7-5-4-6-8-14/h13-17,21-22H,4-12H2,1-3H3/t13?,15?,16-,17+/m1/s1. The number of carbonyl (C=O) groups excluding carboxylic acids is 2. The van der Waals surface area contributed by atoms with E-state index in [-0.39, 0.29) is 17.6 Å². The van der Waals surface area contributed by atoms with Crippen molar-refractivity contribution in [3.63, 3.8) is 0 Å². The molecule has 2 atom stereocenters. The number of carbonyl (C=O) groups is 2. The van der Waals surface area contributed by atoms with Crippen molar-refractivity contribution in [3.05, 3.63) is 0 Å². The van der Waals surface area contributed by atoms with E-state index in [0.717, 1.165) is 57.8 Å². The summed E-state index contributed by atoms with van der Waals surface area (Å²) in [6.07, 6.45) is 3.71. The first-order valence-corrected chi connectivity index (χ1v) is 9.95. The van der Waals surface area contributed by atoms with Crippen LogP contribution in [0, 0.1) is 11.3 Å². The molecule has 26 heavy (non-hydrogen) atoms. The van der Waals surface area contributed by atoms with E-state index in [2.05, 4.69) is 20.8 Å². The van der Waals surface area contributed by atoms with Crippen LogP contribution in [-0.4, -0.2) is 46.6 Å². The molecule has 2 saturated carbocycles. The van der Waals surface area contributed by atoms with Gasteiger partial charge in [0, 0.05) is 0 Å². The molecule has 0 aromatic rings. The number of hydrogen-bond donors (Lipinski definition) is 2. The molecule has 0 aromatic carbocycles. The van der Waals surface area contributed by atoms with Crippen LogP contribution < -0.4 is 0 Å². The monoisotopic (exact) mass is 370 g/mol. The molecule has 0 amide bonds. The van der Waals surface area contributed by atoms with Crippen LogP contribution in [0.15, 0.2) is 0 Å². The molecule has 0 aromatic heterocycles. The topological polar surface area (TPSA) is 93.1 Å². The van der Waals surface area contributed by atoms with Gasteiger partial charge < -0.3 is 19.7 Å². The Balaban J connectivity index is 1.76. The van der Waals surface area contributed by atoms with Gasteiger partial charge in [-0.05, 0) is 62.7 Å². The van der Waals surface area contributed by atoms with Gasteiger partial charge in [0.05, 0.1) is 0 Å². The molecule has 150 valence electrons. The first-order valence-electron chi connectivity index (χ1n) is 9.95. The molecule has 0 radical (unpaired) electrons. The fraction of sp³-hybridized carbons (Fsp3) is 0.900. The third-order valence-electron chi connectivity index (χ3n) is 5.80. The number of esters is 2. The van der Waals surface area contributed by atoms with Crippen molar-refractivity contribution < 1.29 is 29.3 Å². The van der Waals surface area contributed by atoms with Crippen LogP contribution in [0.3, 0.4) is 0 Å². The van der Waals surface area contributed by atoms with Crippen molar-refractivity contribution in [3.8, 4) is 0 Å². The third kappa shape index (κ3) is 5.95. The fourth-order valence-electron chi connectivity index (χ4n) is 3.96. The highest BCUT2D eigenvalue weighted by molar-refractivity contribution is 5.85. The second-order valence-corrected chi connectivity index (χ2v) is 8.86. The number of aliphatic hydroxyl groups is 2. The zero-order valence-electron chi connectivity index (χ0n) is 16.3. The van der Waals surface area contributed by atoms with Crippen molar-refractivity contribution in [2.75, 3.05) is 0 Å². The predicted molar refractivity (Wildman–Crippen MR) is 96.3 cm³/mol. The van der Waals surface area contributed by atoms with Gasteiger partial charge in [0.25, 0.3) is 0 Å². The van der Waals surface area contributed by atoms with Gasteiger partial charge in [0.1, 0.15) is 12.2 Å². The molecule has 6 nitrogen and oxygen atoms in total. The van der Waals surface area contributed by atoms with Gasteiger partial charge in [-0.25, -0.2) is 9.59 Å². The molecule has 0 aliphatic heterocycles. The van der Waals surface area contributed by atoms with Gasteiger partial charge >= 0.3 is 11.9 Å². The average Bonchev–Trinajstić information content (AvgIpc) is 2.61. The van der Waals surface area contributed by atoms with E-state index >= 15 is 0 Å². The summed E-state index contributed by atoms with van der Waals surface area (Å²) in [5.74, 6) is -1.31. The third-order valence-corrected chi connectivity index (χ3v) is 5.80. The van der Waals surface area contributed by atoms with E-state index in [9.17, 15) is 19.8 Å². The van der Waals surface area contributed by atoms with E-state index in [1.54, 1.807) is 0 Å². The molecule has 0 saturated heterocycles. The van der Waals surface area contributed by atoms with Crippen LogP contribution in [0.5, 0.6) is 0 Å². The Bertz CT molecular complexity index is 469. The molecule has 0 unspecified atom stereocenters. The second kappa shape index (κ2) is 9.18. The van der Waals surface area contributed by atoms with E-state index < -0.39 is 24.1 Å². The van der Waals surface area contributed by atoms with Crippen LogP contribution in [0.2, 0.25) is 0 Å². The highest BCUT2D eigenvalue weighted by atomic mass is 16.6. The average molecular weight is 370 g/mol. The highest BCUT2D eigenvalue weighted by Crippen LogP contribution is 2.38. The van der Waals surface area contributed by atoms with Crippen molar-refractivity contribution in [1.82, 2.24) is 0 Å². The molecule has 2 fully saturated rings. The van der Waals surface area contributed by atoms with Crippen molar-refractivity contribution in [2.45, 2.75) is 103 Å². The van der Waals surface area contributed by atoms with E-state index in [1.807, 2.05) is 0 Å². The summed E-state index contributed by atoms with van der Waals surface area (Å²) < 4.78 is 10.5. The summed E-state index contributed by atoms with van der Waals surface area (Å²) in [7, 11) is 0. The smallest absolute Gasteiger partial charge is 0.338 e. The Morgan fingerprint density at radius 3 is 1.62 bits per heavy atom. The van der Waals surface area contributed by atoms with Gasteiger partial charge in [-0.3, -0.25) is 0 Å². The normalized spacial score (nSPS) is 27.4. The lowest BCUT2D eigenvalue weighted by Gasteiger charge is -2.36. The van der Waals surface area contributed by atoms with Crippen molar-refractivity contribution in [1.29, 1.82) is 0 Å². The first-order chi connectivity index (χ1) is 12.2. The predicted octanol–water partition coefficient (Wildman–Crippen LogP) is 2.73. The minimum atomic E-state index is -1.90. The minimum absolute atomic E-state index is 0.230. The Hall–Kier alpha value is -1.14. The van der Waals surface area contributed by atoms with Gasteiger partial charge in [-0.1, -0.05) is 27.2 Å². The Kier molecular flexibility index (Phi) is 7.47. The molecule has 2 N–H and O–H groups in total. The lowest BCUT2D eigenvalue weighted by atomic mass is 9.72. The zero-order valence-corrected chi connectivity index (χ0v) is 16.3. The lowest BCUT2D eigenvalue weighted by Crippen LogP contribution is -2.44. The van der Waals surface area contributed by atoms with Crippen molar-refractivity contribution in [2.24, 2.45) is 11.3 Å². The minimum Gasteiger partial charge on any atom is -0.460 e. The van der Waals surface area contributed by atoms with Gasteiger partial charge in [-0.2, -0.15) is 0 Å². The SMILES string of the molecule is CC(C)(C)C1CCC(OC(=O)[C@@H](O)[C@@H](O)C(=O)OC2CCCCC2)CC1. The quantitative estimate of drug-likeness (QED) is 0.723. The molecular weight excluding hydrogens is 336 g/mol. The molecular formula is C20H34O6. The summed E-state index contributed by atoms with van der Waals surface area (Å²) in [6, 6.07) is 0. The Morgan fingerprint density at radius 1 is 0.769 bits per heavy atom. The molecule has 2 rings (SSSR count). The van der Waals surface area contributed by atoms with Crippen LogP contribution in [-0.2, 0) is 19.1 Å². The Labute approximate surface area is 156 Å². The summed E-state index contributed by atoms with van der Waals surface area (Å²) in [6.45, 7) is 6.63. The number of rotatable bonds is 5. The van der Waals surface area contributed by atoms with Crippen LogP contribution in [0.4, 0.5) is 0 Å². The number of aliphatic hydroxyl groups excluding tert-OH is 2. The summed E-state index contributed by atoms with van der Waals surface area (Å²) in [5.41, 5.74) is 0.230. The van der Waals surface area contributed by atoms with Crippen LogP contribution in [0.1, 0.15) is 78.6 Å². The first kappa shape index (κ1) is 21.2. The van der Waals surface area contributed by atoms with E-state index in [4.69, 9.17) is 9.47 Å². The fourth-order valence-corrected chi connectivity index (χ4v) is 3.96. The number of hydrogen-bond acceptors (Lipinski definition) is 6. The second-order valence-electron chi connectivity index (χ2n) is 8.86. The number of ether oxygens (including phenoxy) is 2. The van der Waals surface area contributed by atoms with E-state index in [1.165, 1.54) is 0 Å². The summed E-state index contributed by atoms with van der Waals surface area (Å²) in [5, 5.41) is 19.9. The maximum atomic E-state index is 12.1. The Morgan fingerprint density at radius 2 is 1.19 bits per heavy atom. The molecule has 2 aliphatic carbocycles. The molecule has 2 aliphatic rings. The van der Waals surface area contributed by atoms with E-state index in [0.29, 0.717) is 5.92 Å². The highest BCUT2D eigenvalue weighted by Gasteiger charge is 2.37. The summed E-state index contributed by atoms with van der Waals surface area (Å²) >= 11 is 0. The molecule has 0 heterocycles. The lowest BCUT2D eigenvalue weighted by molar-refractivity contribution is -0.180. The zero-order chi connectivity index (χ0) is 19.3. The van der Waals surface area contributed by atoms with Gasteiger partial charge in [-0.15, -0.1) is 0 Å². The summed E-state index contributed by atoms with van der Waals surface area (Å²) in [4.78, 5) is 24.1. The van der Waals surface area contributed by atoms with Crippen LogP contribution in [0.25, 0.3) is 0 Å².